The lowest BCUT2D eigenvalue weighted by atomic mass is 10.3. The maximum Gasteiger partial charge on any atom is 0.220 e. The number of aromatic nitrogens is 1. The van der Waals surface area contributed by atoms with Crippen molar-refractivity contribution in [2.45, 2.75) is 12.8 Å². The summed E-state index contributed by atoms with van der Waals surface area (Å²) in [4.78, 5) is 16.5. The quantitative estimate of drug-likeness (QED) is 0.628. The molecule has 130 valence electrons. The number of nitrogens with zero attached hydrogens (tertiary/aromatic N) is 1. The van der Waals surface area contributed by atoms with Gasteiger partial charge >= 0.3 is 0 Å². The van der Waals surface area contributed by atoms with Crippen molar-refractivity contribution >= 4 is 27.5 Å². The smallest absolute Gasteiger partial charge is 0.220 e. The standard InChI is InChI=1S/C19H20N2O3S/c1-23-14-5-4-6-15(13-14)24-12-11-20-18(22)9-10-19-21-16-7-2-3-8-17(16)25-19/h2-8,13H,9-12H2,1H3,(H,20,22). The Balaban J connectivity index is 1.37. The number of carbonyl (C=O) groups is 1. The van der Waals surface area contributed by atoms with Gasteiger partial charge in [-0.2, -0.15) is 0 Å². The van der Waals surface area contributed by atoms with Crippen molar-refractivity contribution in [3.63, 3.8) is 0 Å². The molecule has 0 spiro atoms. The molecule has 6 heteroatoms. The molecule has 0 aliphatic carbocycles. The molecule has 3 aromatic rings. The molecule has 1 amide bonds. The number of rotatable bonds is 8. The number of benzene rings is 2. The minimum Gasteiger partial charge on any atom is -0.497 e. The highest BCUT2D eigenvalue weighted by atomic mass is 32.1. The van der Waals surface area contributed by atoms with Crippen LogP contribution in [-0.4, -0.2) is 31.2 Å². The summed E-state index contributed by atoms with van der Waals surface area (Å²) in [6.45, 7) is 0.885. The molecule has 0 saturated carbocycles. The van der Waals surface area contributed by atoms with Crippen LogP contribution in [0.1, 0.15) is 11.4 Å². The van der Waals surface area contributed by atoms with Gasteiger partial charge in [0, 0.05) is 18.9 Å². The largest absolute Gasteiger partial charge is 0.497 e. The predicted octanol–water partition coefficient (Wildman–Crippen LogP) is 3.43. The summed E-state index contributed by atoms with van der Waals surface area (Å²) < 4.78 is 11.9. The molecule has 0 unspecified atom stereocenters. The van der Waals surface area contributed by atoms with E-state index in [0.29, 0.717) is 26.0 Å². The van der Waals surface area contributed by atoms with E-state index in [1.165, 1.54) is 0 Å². The Labute approximate surface area is 150 Å². The molecule has 0 aliphatic heterocycles. The first-order valence-corrected chi connectivity index (χ1v) is 8.94. The summed E-state index contributed by atoms with van der Waals surface area (Å²) in [7, 11) is 1.62. The molecule has 0 atom stereocenters. The summed E-state index contributed by atoms with van der Waals surface area (Å²) in [5, 5.41) is 3.86. The van der Waals surface area contributed by atoms with Gasteiger partial charge in [0.1, 0.15) is 18.1 Å². The Bertz CT molecular complexity index is 814. The minimum absolute atomic E-state index is 0.00787. The fourth-order valence-corrected chi connectivity index (χ4v) is 3.35. The molecular formula is C19H20N2O3S. The van der Waals surface area contributed by atoms with Crippen LogP contribution in [0, 0.1) is 0 Å². The average molecular weight is 356 g/mol. The van der Waals surface area contributed by atoms with Crippen LogP contribution in [0.15, 0.2) is 48.5 Å². The topological polar surface area (TPSA) is 60.5 Å². The Hall–Kier alpha value is -2.60. The maximum atomic E-state index is 11.9. The first-order chi connectivity index (χ1) is 12.2. The van der Waals surface area contributed by atoms with Crippen LogP contribution < -0.4 is 14.8 Å². The lowest BCUT2D eigenvalue weighted by Crippen LogP contribution is -2.28. The van der Waals surface area contributed by atoms with E-state index in [9.17, 15) is 4.79 Å². The van der Waals surface area contributed by atoms with Crippen LogP contribution in [0.25, 0.3) is 10.2 Å². The fraction of sp³-hybridized carbons (Fsp3) is 0.263. The Morgan fingerprint density at radius 1 is 1.16 bits per heavy atom. The van der Waals surface area contributed by atoms with Crippen molar-refractivity contribution in [3.05, 3.63) is 53.5 Å². The van der Waals surface area contributed by atoms with E-state index in [1.807, 2.05) is 48.5 Å². The molecule has 2 aromatic carbocycles. The Morgan fingerprint density at radius 3 is 2.84 bits per heavy atom. The van der Waals surface area contributed by atoms with E-state index < -0.39 is 0 Å². The lowest BCUT2D eigenvalue weighted by molar-refractivity contribution is -0.121. The van der Waals surface area contributed by atoms with Crippen molar-refractivity contribution < 1.29 is 14.3 Å². The van der Waals surface area contributed by atoms with E-state index in [2.05, 4.69) is 10.3 Å². The van der Waals surface area contributed by atoms with Gasteiger partial charge in [-0.05, 0) is 24.3 Å². The molecule has 3 rings (SSSR count). The van der Waals surface area contributed by atoms with Gasteiger partial charge in [0.15, 0.2) is 0 Å². The Kier molecular flexibility index (Phi) is 5.85. The number of thiazole rings is 1. The molecule has 1 aromatic heterocycles. The summed E-state index contributed by atoms with van der Waals surface area (Å²) in [6, 6.07) is 15.4. The summed E-state index contributed by atoms with van der Waals surface area (Å²) in [6.07, 6.45) is 1.08. The zero-order valence-electron chi connectivity index (χ0n) is 14.0. The van der Waals surface area contributed by atoms with Crippen molar-refractivity contribution in [2.75, 3.05) is 20.3 Å². The van der Waals surface area contributed by atoms with Gasteiger partial charge in [-0.15, -0.1) is 11.3 Å². The number of hydrogen-bond acceptors (Lipinski definition) is 5. The second-order valence-electron chi connectivity index (χ2n) is 5.45. The number of para-hydroxylation sites is 1. The van der Waals surface area contributed by atoms with Crippen molar-refractivity contribution in [2.24, 2.45) is 0 Å². The molecule has 0 radical (unpaired) electrons. The van der Waals surface area contributed by atoms with Gasteiger partial charge in [-0.1, -0.05) is 18.2 Å². The third kappa shape index (κ3) is 4.93. The molecule has 0 aliphatic rings. The molecule has 0 saturated heterocycles. The molecule has 0 bridgehead atoms. The number of aryl methyl sites for hydroxylation is 1. The molecule has 5 nitrogen and oxygen atoms in total. The van der Waals surface area contributed by atoms with E-state index in [1.54, 1.807) is 18.4 Å². The van der Waals surface area contributed by atoms with Crippen LogP contribution in [0.2, 0.25) is 0 Å². The number of methoxy groups -OCH3 is 1. The zero-order chi connectivity index (χ0) is 17.5. The normalized spacial score (nSPS) is 10.6. The average Bonchev–Trinajstić information content (AvgIpc) is 3.07. The van der Waals surface area contributed by atoms with E-state index >= 15 is 0 Å². The molecular weight excluding hydrogens is 336 g/mol. The number of hydrogen-bond donors (Lipinski definition) is 1. The highest BCUT2D eigenvalue weighted by Gasteiger charge is 2.06. The van der Waals surface area contributed by atoms with Crippen molar-refractivity contribution in [1.82, 2.24) is 10.3 Å². The monoisotopic (exact) mass is 356 g/mol. The second-order valence-corrected chi connectivity index (χ2v) is 6.57. The van der Waals surface area contributed by atoms with Gasteiger partial charge in [-0.25, -0.2) is 4.98 Å². The van der Waals surface area contributed by atoms with Gasteiger partial charge in [0.25, 0.3) is 0 Å². The van der Waals surface area contributed by atoms with Gasteiger partial charge in [-0.3, -0.25) is 4.79 Å². The minimum atomic E-state index is 0.00787. The number of fused-ring (bicyclic) bond motifs is 1. The third-order valence-electron chi connectivity index (χ3n) is 3.64. The van der Waals surface area contributed by atoms with Gasteiger partial charge in [0.2, 0.25) is 5.91 Å². The molecule has 0 fully saturated rings. The van der Waals surface area contributed by atoms with Crippen LogP contribution in [0.5, 0.6) is 11.5 Å². The number of carbonyl (C=O) groups excluding carboxylic acids is 1. The summed E-state index contributed by atoms with van der Waals surface area (Å²) in [5.41, 5.74) is 0.995. The highest BCUT2D eigenvalue weighted by molar-refractivity contribution is 7.18. The molecule has 1 N–H and O–H groups in total. The molecule has 25 heavy (non-hydrogen) atoms. The predicted molar refractivity (Wildman–Crippen MR) is 99.4 cm³/mol. The van der Waals surface area contributed by atoms with Gasteiger partial charge < -0.3 is 14.8 Å². The van der Waals surface area contributed by atoms with E-state index in [4.69, 9.17) is 9.47 Å². The van der Waals surface area contributed by atoms with E-state index in [0.717, 1.165) is 26.7 Å². The Morgan fingerprint density at radius 2 is 2.00 bits per heavy atom. The van der Waals surface area contributed by atoms with Crippen LogP contribution in [0.3, 0.4) is 0 Å². The summed E-state index contributed by atoms with van der Waals surface area (Å²) >= 11 is 1.64. The van der Waals surface area contributed by atoms with E-state index in [-0.39, 0.29) is 5.91 Å². The van der Waals surface area contributed by atoms with Gasteiger partial charge in [0.05, 0.1) is 28.9 Å². The first-order valence-electron chi connectivity index (χ1n) is 8.12. The van der Waals surface area contributed by atoms with Crippen molar-refractivity contribution in [3.8, 4) is 11.5 Å². The number of amides is 1. The third-order valence-corrected chi connectivity index (χ3v) is 4.73. The lowest BCUT2D eigenvalue weighted by Gasteiger charge is -2.08. The zero-order valence-corrected chi connectivity index (χ0v) is 14.8. The van der Waals surface area contributed by atoms with Crippen LogP contribution in [-0.2, 0) is 11.2 Å². The maximum absolute atomic E-state index is 11.9. The number of nitrogens with one attached hydrogen (secondary N) is 1. The van der Waals surface area contributed by atoms with Crippen LogP contribution >= 0.6 is 11.3 Å². The highest BCUT2D eigenvalue weighted by Crippen LogP contribution is 2.22. The summed E-state index contributed by atoms with van der Waals surface area (Å²) in [5.74, 6) is 1.48. The first kappa shape index (κ1) is 17.2. The SMILES string of the molecule is COc1cccc(OCCNC(=O)CCc2nc3ccccc3s2)c1. The molecule has 1 heterocycles. The van der Waals surface area contributed by atoms with Crippen LogP contribution in [0.4, 0.5) is 0 Å². The van der Waals surface area contributed by atoms with Crippen molar-refractivity contribution in [1.29, 1.82) is 0 Å². The second kappa shape index (κ2) is 8.48. The fourth-order valence-electron chi connectivity index (χ4n) is 2.39. The number of ether oxygens (including phenoxy) is 2.